The Bertz CT molecular complexity index is 928. The quantitative estimate of drug-likeness (QED) is 0.328. The predicted octanol–water partition coefficient (Wildman–Crippen LogP) is 6.62. The van der Waals surface area contributed by atoms with Crippen LogP contribution in [0.5, 0.6) is 0 Å². The summed E-state index contributed by atoms with van der Waals surface area (Å²) in [5.41, 5.74) is 4.41. The predicted molar refractivity (Wildman–Crippen MR) is 121 cm³/mol. The van der Waals surface area contributed by atoms with Crippen LogP contribution in [0.3, 0.4) is 0 Å². The molecule has 0 amide bonds. The molecule has 0 heterocycles. The van der Waals surface area contributed by atoms with Crippen LogP contribution >= 0.6 is 0 Å². The minimum Gasteiger partial charge on any atom is -0.356 e. The molecule has 0 bridgehead atoms. The van der Waals surface area contributed by atoms with E-state index in [0.29, 0.717) is 0 Å². The number of hydrogen-bond acceptors (Lipinski definition) is 1. The topological polar surface area (TPSA) is 3.24 Å². The van der Waals surface area contributed by atoms with Crippen LogP contribution in [0.15, 0.2) is 134 Å². The van der Waals surface area contributed by atoms with Crippen molar-refractivity contribution in [3.8, 4) is 0 Å². The van der Waals surface area contributed by atoms with Crippen molar-refractivity contribution in [2.45, 2.75) is 12.1 Å². The Morgan fingerprint density at radius 1 is 0.552 bits per heavy atom. The van der Waals surface area contributed by atoms with Crippen LogP contribution in [0.2, 0.25) is 0 Å². The highest BCUT2D eigenvalue weighted by Gasteiger charge is 2.40. The van der Waals surface area contributed by atoms with E-state index in [1.54, 1.807) is 0 Å². The Labute approximate surface area is 173 Å². The molecule has 0 unspecified atom stereocenters. The van der Waals surface area contributed by atoms with Gasteiger partial charge in [0, 0.05) is 6.54 Å². The van der Waals surface area contributed by atoms with E-state index in [9.17, 15) is 0 Å². The Morgan fingerprint density at radius 3 is 1.24 bits per heavy atom. The van der Waals surface area contributed by atoms with Crippen molar-refractivity contribution >= 4 is 0 Å². The van der Waals surface area contributed by atoms with Crippen molar-refractivity contribution in [3.63, 3.8) is 0 Å². The molecule has 0 aliphatic rings. The Morgan fingerprint density at radius 2 is 0.897 bits per heavy atom. The maximum absolute atomic E-state index is 4.23. The fraction of sp³-hybridized carbons (Fsp3) is 0.0714. The fourth-order valence-electron chi connectivity index (χ4n) is 4.14. The summed E-state index contributed by atoms with van der Waals surface area (Å²) in [7, 11) is 0. The molecule has 0 atom stereocenters. The van der Waals surface area contributed by atoms with Gasteiger partial charge in [-0.25, -0.2) is 0 Å². The zero-order valence-electron chi connectivity index (χ0n) is 16.5. The standard InChI is InChI=1S/C28H25N/c1-2-29(23-24-15-7-3-8-16-24)28(25-17-9-4-10-18-25,26-19-11-5-12-20-26)27-21-13-6-14-22-27/h2-22H,1,23H2. The van der Waals surface area contributed by atoms with Crippen LogP contribution in [0.1, 0.15) is 22.3 Å². The lowest BCUT2D eigenvalue weighted by molar-refractivity contribution is 0.224. The SMILES string of the molecule is C=CN(Cc1ccccc1)C(c1ccccc1)(c1ccccc1)c1ccccc1. The normalized spacial score (nSPS) is 11.0. The maximum Gasteiger partial charge on any atom is 0.116 e. The van der Waals surface area contributed by atoms with Gasteiger partial charge in [0.15, 0.2) is 0 Å². The lowest BCUT2D eigenvalue weighted by Crippen LogP contribution is -2.44. The van der Waals surface area contributed by atoms with Crippen molar-refractivity contribution < 1.29 is 0 Å². The Hall–Kier alpha value is -3.58. The summed E-state index contributed by atoms with van der Waals surface area (Å²) in [6.07, 6.45) is 1.97. The molecule has 0 spiro atoms. The van der Waals surface area contributed by atoms with Gasteiger partial charge in [0.05, 0.1) is 0 Å². The highest BCUT2D eigenvalue weighted by Crippen LogP contribution is 2.43. The number of benzene rings is 4. The van der Waals surface area contributed by atoms with Crippen LogP contribution < -0.4 is 0 Å². The largest absolute Gasteiger partial charge is 0.356 e. The van der Waals surface area contributed by atoms with Gasteiger partial charge in [-0.05, 0) is 28.5 Å². The maximum atomic E-state index is 4.23. The van der Waals surface area contributed by atoms with Gasteiger partial charge in [0.25, 0.3) is 0 Å². The lowest BCUT2D eigenvalue weighted by Gasteiger charge is -2.45. The molecule has 0 N–H and O–H groups in total. The van der Waals surface area contributed by atoms with Crippen LogP contribution in [0.4, 0.5) is 0 Å². The highest BCUT2D eigenvalue weighted by molar-refractivity contribution is 5.50. The van der Waals surface area contributed by atoms with Crippen molar-refractivity contribution in [1.29, 1.82) is 0 Å². The van der Waals surface area contributed by atoms with Gasteiger partial charge in [0.1, 0.15) is 5.54 Å². The number of rotatable bonds is 7. The summed E-state index contributed by atoms with van der Waals surface area (Å²) in [6.45, 7) is 4.98. The zero-order valence-corrected chi connectivity index (χ0v) is 16.5. The zero-order chi connectivity index (χ0) is 19.9. The summed E-state index contributed by atoms with van der Waals surface area (Å²) >= 11 is 0. The van der Waals surface area contributed by atoms with E-state index in [1.807, 2.05) is 6.20 Å². The molecule has 4 aromatic rings. The third-order valence-corrected chi connectivity index (χ3v) is 5.42. The second-order valence-corrected chi connectivity index (χ2v) is 7.10. The van der Waals surface area contributed by atoms with Crippen molar-refractivity contribution in [1.82, 2.24) is 4.90 Å². The van der Waals surface area contributed by atoms with E-state index in [-0.39, 0.29) is 0 Å². The molecule has 0 aliphatic heterocycles. The first-order valence-electron chi connectivity index (χ1n) is 9.95. The summed E-state index contributed by atoms with van der Waals surface area (Å²) in [5.74, 6) is 0. The van der Waals surface area contributed by atoms with Crippen LogP contribution in [0, 0.1) is 0 Å². The summed E-state index contributed by atoms with van der Waals surface area (Å²) in [5, 5.41) is 0. The monoisotopic (exact) mass is 375 g/mol. The third-order valence-electron chi connectivity index (χ3n) is 5.42. The van der Waals surface area contributed by atoms with Crippen LogP contribution in [-0.4, -0.2) is 4.90 Å². The van der Waals surface area contributed by atoms with Gasteiger partial charge < -0.3 is 4.90 Å². The first-order valence-corrected chi connectivity index (χ1v) is 9.95. The van der Waals surface area contributed by atoms with Crippen molar-refractivity contribution in [2.75, 3.05) is 0 Å². The molecule has 4 rings (SSSR count). The summed E-state index contributed by atoms with van der Waals surface area (Å²) < 4.78 is 0. The van der Waals surface area contributed by atoms with Gasteiger partial charge >= 0.3 is 0 Å². The molecule has 0 saturated heterocycles. The minimum absolute atomic E-state index is 0.485. The highest BCUT2D eigenvalue weighted by atomic mass is 15.2. The van der Waals surface area contributed by atoms with E-state index in [0.717, 1.165) is 6.54 Å². The molecule has 1 nitrogen and oxygen atoms in total. The summed E-state index contributed by atoms with van der Waals surface area (Å²) in [4.78, 5) is 2.35. The molecular weight excluding hydrogens is 350 g/mol. The van der Waals surface area contributed by atoms with E-state index in [1.165, 1.54) is 22.3 Å². The van der Waals surface area contributed by atoms with E-state index >= 15 is 0 Å². The Balaban J connectivity index is 2.00. The van der Waals surface area contributed by atoms with Gasteiger partial charge in [-0.2, -0.15) is 0 Å². The molecule has 0 radical (unpaired) electrons. The molecule has 4 aromatic carbocycles. The van der Waals surface area contributed by atoms with Crippen molar-refractivity contribution in [3.05, 3.63) is 156 Å². The van der Waals surface area contributed by atoms with Gasteiger partial charge in [0.2, 0.25) is 0 Å². The Kier molecular flexibility index (Phi) is 5.58. The molecule has 0 fully saturated rings. The molecule has 0 aromatic heterocycles. The molecular formula is C28H25N. The first kappa shape index (κ1) is 18.8. The van der Waals surface area contributed by atoms with Gasteiger partial charge in [-0.1, -0.05) is 128 Å². The summed E-state index contributed by atoms with van der Waals surface area (Å²) in [6, 6.07) is 42.7. The smallest absolute Gasteiger partial charge is 0.116 e. The molecule has 0 saturated carbocycles. The second kappa shape index (κ2) is 8.62. The third kappa shape index (κ3) is 3.60. The van der Waals surface area contributed by atoms with E-state index in [4.69, 9.17) is 0 Å². The van der Waals surface area contributed by atoms with E-state index < -0.39 is 5.54 Å². The van der Waals surface area contributed by atoms with Crippen LogP contribution in [-0.2, 0) is 12.1 Å². The molecule has 0 aliphatic carbocycles. The number of nitrogens with zero attached hydrogens (tertiary/aromatic N) is 1. The van der Waals surface area contributed by atoms with Gasteiger partial charge in [-0.3, -0.25) is 0 Å². The lowest BCUT2D eigenvalue weighted by atomic mass is 9.75. The fourth-order valence-corrected chi connectivity index (χ4v) is 4.14. The molecule has 29 heavy (non-hydrogen) atoms. The number of hydrogen-bond donors (Lipinski definition) is 0. The van der Waals surface area contributed by atoms with Gasteiger partial charge in [-0.15, -0.1) is 0 Å². The van der Waals surface area contributed by atoms with Crippen molar-refractivity contribution in [2.24, 2.45) is 0 Å². The van der Waals surface area contributed by atoms with Crippen LogP contribution in [0.25, 0.3) is 0 Å². The molecule has 1 heteroatoms. The second-order valence-electron chi connectivity index (χ2n) is 7.10. The average Bonchev–Trinajstić information content (AvgIpc) is 2.82. The molecule has 142 valence electrons. The minimum atomic E-state index is -0.485. The first-order chi connectivity index (χ1) is 14.4. The van der Waals surface area contributed by atoms with E-state index in [2.05, 4.69) is 133 Å². The average molecular weight is 376 g/mol.